The summed E-state index contributed by atoms with van der Waals surface area (Å²) in [6.07, 6.45) is 0.00107. The van der Waals surface area contributed by atoms with E-state index in [1.165, 1.54) is 0 Å². The number of carbonyl (C=O) groups is 1. The van der Waals surface area contributed by atoms with Gasteiger partial charge in [-0.2, -0.15) is 0 Å². The van der Waals surface area contributed by atoms with Gasteiger partial charge >= 0.3 is 5.97 Å². The standard InChI is InChI=1S/C11H14O3/c1-2-9(12)8-11(13)14-10-6-4-3-5-7-10/h3-7,9,12H,2,8H2,1H3/t9-/m0/s1. The molecule has 0 amide bonds. The Morgan fingerprint density at radius 3 is 2.64 bits per heavy atom. The average molecular weight is 194 g/mol. The fourth-order valence-corrected chi connectivity index (χ4v) is 0.998. The summed E-state index contributed by atoms with van der Waals surface area (Å²) in [5.41, 5.74) is 0. The number of esters is 1. The van der Waals surface area contributed by atoms with E-state index in [0.29, 0.717) is 12.2 Å². The summed E-state index contributed by atoms with van der Waals surface area (Å²) in [7, 11) is 0. The monoisotopic (exact) mass is 194 g/mol. The molecule has 76 valence electrons. The van der Waals surface area contributed by atoms with E-state index in [2.05, 4.69) is 0 Å². The molecule has 0 unspecified atom stereocenters. The molecule has 0 saturated carbocycles. The molecule has 1 aromatic carbocycles. The van der Waals surface area contributed by atoms with Crippen LogP contribution < -0.4 is 4.74 Å². The summed E-state index contributed by atoms with van der Waals surface area (Å²) in [6.45, 7) is 1.82. The van der Waals surface area contributed by atoms with Crippen LogP contribution in [0.1, 0.15) is 19.8 Å². The highest BCUT2D eigenvalue weighted by Gasteiger charge is 2.10. The minimum Gasteiger partial charge on any atom is -0.426 e. The molecule has 0 spiro atoms. The molecular formula is C11H14O3. The van der Waals surface area contributed by atoms with Crippen molar-refractivity contribution in [2.75, 3.05) is 0 Å². The Balaban J connectivity index is 2.42. The van der Waals surface area contributed by atoms with Crippen molar-refractivity contribution in [3.63, 3.8) is 0 Å². The largest absolute Gasteiger partial charge is 0.426 e. The number of hydrogen-bond acceptors (Lipinski definition) is 3. The lowest BCUT2D eigenvalue weighted by Gasteiger charge is -2.07. The maximum absolute atomic E-state index is 11.2. The minimum absolute atomic E-state index is 0.0470. The highest BCUT2D eigenvalue weighted by atomic mass is 16.5. The summed E-state index contributed by atoms with van der Waals surface area (Å²) in [5, 5.41) is 9.21. The van der Waals surface area contributed by atoms with Crippen molar-refractivity contribution >= 4 is 5.97 Å². The Morgan fingerprint density at radius 2 is 2.07 bits per heavy atom. The number of carbonyl (C=O) groups excluding carboxylic acids is 1. The molecule has 0 radical (unpaired) electrons. The number of aliphatic hydroxyl groups excluding tert-OH is 1. The molecule has 0 bridgehead atoms. The van der Waals surface area contributed by atoms with E-state index in [9.17, 15) is 9.90 Å². The van der Waals surface area contributed by atoms with Crippen molar-refractivity contribution in [2.45, 2.75) is 25.9 Å². The summed E-state index contributed by atoms with van der Waals surface area (Å²) in [4.78, 5) is 11.2. The molecule has 3 heteroatoms. The van der Waals surface area contributed by atoms with Crippen molar-refractivity contribution in [2.24, 2.45) is 0 Å². The molecule has 0 aliphatic heterocycles. The summed E-state index contributed by atoms with van der Waals surface area (Å²) in [5.74, 6) is 0.117. The van der Waals surface area contributed by atoms with Gasteiger partial charge in [0.25, 0.3) is 0 Å². The molecule has 14 heavy (non-hydrogen) atoms. The maximum atomic E-state index is 11.2. The van der Waals surface area contributed by atoms with Crippen molar-refractivity contribution < 1.29 is 14.6 Å². The third-order valence-corrected chi connectivity index (χ3v) is 1.85. The first-order valence-corrected chi connectivity index (χ1v) is 4.66. The van der Waals surface area contributed by atoms with Crippen LogP contribution in [0.4, 0.5) is 0 Å². The zero-order valence-corrected chi connectivity index (χ0v) is 8.14. The molecule has 0 saturated heterocycles. The summed E-state index contributed by atoms with van der Waals surface area (Å²) in [6, 6.07) is 8.84. The fourth-order valence-electron chi connectivity index (χ4n) is 0.998. The van der Waals surface area contributed by atoms with Gasteiger partial charge in [-0.1, -0.05) is 25.1 Å². The van der Waals surface area contributed by atoms with E-state index in [0.717, 1.165) is 0 Å². The zero-order valence-electron chi connectivity index (χ0n) is 8.14. The lowest BCUT2D eigenvalue weighted by molar-refractivity contribution is -0.136. The van der Waals surface area contributed by atoms with Gasteiger partial charge in [0.2, 0.25) is 0 Å². The quantitative estimate of drug-likeness (QED) is 0.586. The predicted octanol–water partition coefficient (Wildman–Crippen LogP) is 1.75. The Bertz CT molecular complexity index is 282. The molecule has 0 fully saturated rings. The number of hydrogen-bond donors (Lipinski definition) is 1. The highest BCUT2D eigenvalue weighted by Crippen LogP contribution is 2.10. The topological polar surface area (TPSA) is 46.5 Å². The number of benzene rings is 1. The van der Waals surface area contributed by atoms with Crippen molar-refractivity contribution in [1.29, 1.82) is 0 Å². The smallest absolute Gasteiger partial charge is 0.313 e. The van der Waals surface area contributed by atoms with Crippen LogP contribution in [0.3, 0.4) is 0 Å². The van der Waals surface area contributed by atoms with Crippen LogP contribution in [0.15, 0.2) is 30.3 Å². The molecule has 0 aromatic heterocycles. The van der Waals surface area contributed by atoms with E-state index in [-0.39, 0.29) is 6.42 Å². The number of rotatable bonds is 4. The van der Waals surface area contributed by atoms with Gasteiger partial charge in [-0.25, -0.2) is 0 Å². The Labute approximate surface area is 83.3 Å². The third-order valence-electron chi connectivity index (χ3n) is 1.85. The van der Waals surface area contributed by atoms with Gasteiger partial charge in [0, 0.05) is 0 Å². The molecule has 1 aromatic rings. The first-order valence-electron chi connectivity index (χ1n) is 4.66. The van der Waals surface area contributed by atoms with Crippen LogP contribution in [0, 0.1) is 0 Å². The minimum atomic E-state index is -0.605. The van der Waals surface area contributed by atoms with E-state index < -0.39 is 12.1 Å². The number of ether oxygens (including phenoxy) is 1. The third kappa shape index (κ3) is 3.58. The van der Waals surface area contributed by atoms with E-state index in [1.807, 2.05) is 13.0 Å². The normalized spacial score (nSPS) is 12.1. The van der Waals surface area contributed by atoms with Crippen molar-refractivity contribution in [3.05, 3.63) is 30.3 Å². The second-order valence-corrected chi connectivity index (χ2v) is 3.05. The van der Waals surface area contributed by atoms with Gasteiger partial charge in [-0.3, -0.25) is 4.79 Å². The summed E-state index contributed by atoms with van der Waals surface area (Å²) >= 11 is 0. The maximum Gasteiger partial charge on any atom is 0.313 e. The first kappa shape index (κ1) is 10.7. The van der Waals surface area contributed by atoms with Crippen molar-refractivity contribution in [3.8, 4) is 5.75 Å². The molecule has 1 rings (SSSR count). The molecule has 1 atom stereocenters. The van der Waals surface area contributed by atoms with Crippen LogP contribution in [0.25, 0.3) is 0 Å². The Kier molecular flexibility index (Phi) is 4.13. The van der Waals surface area contributed by atoms with Gasteiger partial charge < -0.3 is 9.84 Å². The van der Waals surface area contributed by atoms with Crippen molar-refractivity contribution in [1.82, 2.24) is 0 Å². The molecule has 1 N–H and O–H groups in total. The number of aliphatic hydroxyl groups is 1. The van der Waals surface area contributed by atoms with Gasteiger partial charge in [-0.05, 0) is 18.6 Å². The molecule has 0 aliphatic carbocycles. The van der Waals surface area contributed by atoms with Gasteiger partial charge in [0.15, 0.2) is 0 Å². The molecule has 0 aliphatic rings. The molecule has 3 nitrogen and oxygen atoms in total. The van der Waals surface area contributed by atoms with Gasteiger partial charge in [0.05, 0.1) is 12.5 Å². The van der Waals surface area contributed by atoms with Crippen LogP contribution in [-0.4, -0.2) is 17.2 Å². The second-order valence-electron chi connectivity index (χ2n) is 3.05. The Morgan fingerprint density at radius 1 is 1.43 bits per heavy atom. The summed E-state index contributed by atoms with van der Waals surface area (Å²) < 4.78 is 4.99. The van der Waals surface area contributed by atoms with Gasteiger partial charge in [-0.15, -0.1) is 0 Å². The van der Waals surface area contributed by atoms with Crippen LogP contribution in [0.5, 0.6) is 5.75 Å². The lowest BCUT2D eigenvalue weighted by atomic mass is 10.2. The number of para-hydroxylation sites is 1. The fraction of sp³-hybridized carbons (Fsp3) is 0.364. The lowest BCUT2D eigenvalue weighted by Crippen LogP contribution is -2.16. The van der Waals surface area contributed by atoms with E-state index in [4.69, 9.17) is 4.74 Å². The van der Waals surface area contributed by atoms with Crippen LogP contribution in [-0.2, 0) is 4.79 Å². The second kappa shape index (κ2) is 5.40. The van der Waals surface area contributed by atoms with E-state index >= 15 is 0 Å². The zero-order chi connectivity index (χ0) is 10.4. The van der Waals surface area contributed by atoms with Crippen LogP contribution in [0.2, 0.25) is 0 Å². The molecule has 0 heterocycles. The van der Waals surface area contributed by atoms with Crippen LogP contribution >= 0.6 is 0 Å². The van der Waals surface area contributed by atoms with Gasteiger partial charge in [0.1, 0.15) is 5.75 Å². The van der Waals surface area contributed by atoms with E-state index in [1.54, 1.807) is 24.3 Å². The Hall–Kier alpha value is -1.35. The average Bonchev–Trinajstić information content (AvgIpc) is 2.19. The molecular weight excluding hydrogens is 180 g/mol. The predicted molar refractivity (Wildman–Crippen MR) is 53.0 cm³/mol. The highest BCUT2D eigenvalue weighted by molar-refractivity contribution is 5.72. The SMILES string of the molecule is CC[C@H](O)CC(=O)Oc1ccccc1. The first-order chi connectivity index (χ1) is 6.72.